The van der Waals surface area contributed by atoms with Crippen LogP contribution in [-0.2, 0) is 11.3 Å². The van der Waals surface area contributed by atoms with E-state index in [9.17, 15) is 9.59 Å². The Balaban J connectivity index is 2.46. The monoisotopic (exact) mass is 270 g/mol. The van der Waals surface area contributed by atoms with Gasteiger partial charge in [-0.05, 0) is 27.7 Å². The molecule has 0 saturated carbocycles. The Bertz CT molecular complexity index is 450. The second-order valence-corrected chi connectivity index (χ2v) is 4.72. The lowest BCUT2D eigenvalue weighted by molar-refractivity contribution is 0.0519. The van der Waals surface area contributed by atoms with Gasteiger partial charge in [-0.15, -0.1) is 10.2 Å². The molecule has 1 rings (SSSR count). The third-order valence-corrected chi connectivity index (χ3v) is 1.78. The van der Waals surface area contributed by atoms with Crippen molar-refractivity contribution in [3.63, 3.8) is 0 Å². The van der Waals surface area contributed by atoms with Gasteiger partial charge < -0.3 is 19.8 Å². The van der Waals surface area contributed by atoms with Crippen LogP contribution in [0.5, 0.6) is 0 Å². The summed E-state index contributed by atoms with van der Waals surface area (Å²) in [4.78, 5) is 22.7. The Morgan fingerprint density at radius 3 is 2.53 bits per heavy atom. The van der Waals surface area contributed by atoms with E-state index in [0.717, 1.165) is 0 Å². The molecule has 2 N–H and O–H groups in total. The molecule has 0 aliphatic heterocycles. The number of hydrogen-bond donors (Lipinski definition) is 2. The predicted molar refractivity (Wildman–Crippen MR) is 65.4 cm³/mol. The third kappa shape index (κ3) is 5.36. The van der Waals surface area contributed by atoms with Crippen molar-refractivity contribution in [2.24, 2.45) is 0 Å². The van der Waals surface area contributed by atoms with E-state index in [1.807, 2.05) is 0 Å². The summed E-state index contributed by atoms with van der Waals surface area (Å²) in [6.45, 7) is 7.51. The molecule has 0 bridgehead atoms. The topological polar surface area (TPSA) is 106 Å². The van der Waals surface area contributed by atoms with Gasteiger partial charge in [0.05, 0.1) is 6.54 Å². The van der Waals surface area contributed by atoms with Crippen molar-refractivity contribution >= 4 is 12.0 Å². The highest BCUT2D eigenvalue weighted by molar-refractivity contribution is 5.89. The number of nitrogens with zero attached hydrogens (tertiary/aromatic N) is 2. The van der Waals surface area contributed by atoms with E-state index in [1.165, 1.54) is 0 Å². The molecule has 1 aromatic rings. The SMILES string of the molecule is CCNC(=O)c1nnc(CNC(=O)OC(C)(C)C)o1. The summed E-state index contributed by atoms with van der Waals surface area (Å²) in [6.07, 6.45) is -0.592. The summed E-state index contributed by atoms with van der Waals surface area (Å²) < 4.78 is 10.1. The molecule has 0 saturated heterocycles. The largest absolute Gasteiger partial charge is 0.444 e. The number of carbonyl (C=O) groups is 2. The predicted octanol–water partition coefficient (Wildman–Crippen LogP) is 0.844. The van der Waals surface area contributed by atoms with Gasteiger partial charge in [0.2, 0.25) is 5.89 Å². The third-order valence-electron chi connectivity index (χ3n) is 1.78. The molecule has 0 atom stereocenters. The fraction of sp³-hybridized carbons (Fsp3) is 0.636. The number of rotatable bonds is 4. The molecular formula is C11H18N4O4. The zero-order valence-electron chi connectivity index (χ0n) is 11.4. The minimum absolute atomic E-state index is 0.00131. The van der Waals surface area contributed by atoms with Crippen molar-refractivity contribution in [3.05, 3.63) is 11.8 Å². The van der Waals surface area contributed by atoms with E-state index >= 15 is 0 Å². The van der Waals surface area contributed by atoms with Crippen LogP contribution < -0.4 is 10.6 Å². The second-order valence-electron chi connectivity index (χ2n) is 4.72. The molecular weight excluding hydrogens is 252 g/mol. The number of ether oxygens (including phenoxy) is 1. The Morgan fingerprint density at radius 2 is 1.95 bits per heavy atom. The molecule has 2 amide bonds. The average Bonchev–Trinajstić information content (AvgIpc) is 2.73. The first-order valence-corrected chi connectivity index (χ1v) is 5.89. The van der Waals surface area contributed by atoms with E-state index in [4.69, 9.17) is 9.15 Å². The zero-order chi connectivity index (χ0) is 14.5. The number of amides is 2. The van der Waals surface area contributed by atoms with Crippen LogP contribution in [0.2, 0.25) is 0 Å². The smallest absolute Gasteiger partial charge is 0.408 e. The molecule has 1 heterocycles. The van der Waals surface area contributed by atoms with Crippen molar-refractivity contribution < 1.29 is 18.7 Å². The van der Waals surface area contributed by atoms with E-state index in [2.05, 4.69) is 20.8 Å². The lowest BCUT2D eigenvalue weighted by atomic mass is 10.2. The van der Waals surface area contributed by atoms with Crippen LogP contribution in [0.15, 0.2) is 4.42 Å². The van der Waals surface area contributed by atoms with Crippen LogP contribution >= 0.6 is 0 Å². The first-order valence-electron chi connectivity index (χ1n) is 5.89. The Kier molecular flexibility index (Phi) is 4.85. The maximum Gasteiger partial charge on any atom is 0.408 e. The fourth-order valence-electron chi connectivity index (χ4n) is 1.11. The zero-order valence-corrected chi connectivity index (χ0v) is 11.4. The molecule has 0 aromatic carbocycles. The quantitative estimate of drug-likeness (QED) is 0.839. The van der Waals surface area contributed by atoms with E-state index in [-0.39, 0.29) is 18.3 Å². The molecule has 8 nitrogen and oxygen atoms in total. The average molecular weight is 270 g/mol. The number of hydrogen-bond acceptors (Lipinski definition) is 6. The fourth-order valence-corrected chi connectivity index (χ4v) is 1.11. The van der Waals surface area contributed by atoms with Gasteiger partial charge in [0.15, 0.2) is 0 Å². The summed E-state index contributed by atoms with van der Waals surface area (Å²) in [6, 6.07) is 0. The van der Waals surface area contributed by atoms with Crippen molar-refractivity contribution in [1.82, 2.24) is 20.8 Å². The summed E-state index contributed by atoms with van der Waals surface area (Å²) in [5, 5.41) is 12.2. The standard InChI is InChI=1S/C11H18N4O4/c1-5-12-8(16)9-15-14-7(18-9)6-13-10(17)19-11(2,3)4/h5-6H2,1-4H3,(H,12,16)(H,13,17). The highest BCUT2D eigenvalue weighted by Crippen LogP contribution is 2.07. The number of carbonyl (C=O) groups excluding carboxylic acids is 2. The van der Waals surface area contributed by atoms with Crippen LogP contribution in [-0.4, -0.2) is 34.3 Å². The Hall–Kier alpha value is -2.12. The molecule has 19 heavy (non-hydrogen) atoms. The molecule has 0 aliphatic carbocycles. The second kappa shape index (κ2) is 6.17. The van der Waals surface area contributed by atoms with Crippen LogP contribution in [0.4, 0.5) is 4.79 Å². The lowest BCUT2D eigenvalue weighted by Gasteiger charge is -2.19. The minimum Gasteiger partial charge on any atom is -0.444 e. The first kappa shape index (κ1) is 14.9. The van der Waals surface area contributed by atoms with Crippen molar-refractivity contribution in [2.45, 2.75) is 39.8 Å². The summed E-state index contributed by atoms with van der Waals surface area (Å²) in [5.41, 5.74) is -0.578. The van der Waals surface area contributed by atoms with Crippen LogP contribution in [0, 0.1) is 0 Å². The highest BCUT2D eigenvalue weighted by Gasteiger charge is 2.17. The summed E-state index contributed by atoms with van der Waals surface area (Å²) in [7, 11) is 0. The minimum atomic E-state index is -0.592. The molecule has 8 heteroatoms. The molecule has 0 spiro atoms. The van der Waals surface area contributed by atoms with E-state index < -0.39 is 17.6 Å². The highest BCUT2D eigenvalue weighted by atomic mass is 16.6. The molecule has 106 valence electrons. The van der Waals surface area contributed by atoms with Gasteiger partial charge >= 0.3 is 17.9 Å². The van der Waals surface area contributed by atoms with E-state index in [0.29, 0.717) is 6.54 Å². The number of aromatic nitrogens is 2. The van der Waals surface area contributed by atoms with Gasteiger partial charge in [-0.2, -0.15) is 0 Å². The lowest BCUT2D eigenvalue weighted by Crippen LogP contribution is -2.32. The van der Waals surface area contributed by atoms with Crippen LogP contribution in [0.1, 0.15) is 44.3 Å². The number of alkyl carbamates (subject to hydrolysis) is 1. The van der Waals surface area contributed by atoms with Gasteiger partial charge in [0.1, 0.15) is 5.60 Å². The maximum atomic E-state index is 11.4. The van der Waals surface area contributed by atoms with Gasteiger partial charge in [-0.3, -0.25) is 4.79 Å². The molecule has 0 aliphatic rings. The molecule has 0 fully saturated rings. The van der Waals surface area contributed by atoms with Crippen molar-refractivity contribution in [3.8, 4) is 0 Å². The first-order chi connectivity index (χ1) is 8.81. The Morgan fingerprint density at radius 1 is 1.26 bits per heavy atom. The van der Waals surface area contributed by atoms with Crippen LogP contribution in [0.25, 0.3) is 0 Å². The molecule has 0 radical (unpaired) electrons. The normalized spacial score (nSPS) is 10.9. The molecule has 1 aromatic heterocycles. The van der Waals surface area contributed by atoms with Crippen LogP contribution in [0.3, 0.4) is 0 Å². The molecule has 0 unspecified atom stereocenters. The summed E-state index contributed by atoms with van der Waals surface area (Å²) >= 11 is 0. The van der Waals surface area contributed by atoms with Gasteiger partial charge in [-0.25, -0.2) is 4.79 Å². The Labute approximate surface area is 110 Å². The maximum absolute atomic E-state index is 11.4. The van der Waals surface area contributed by atoms with Gasteiger partial charge in [-0.1, -0.05) is 0 Å². The summed E-state index contributed by atoms with van der Waals surface area (Å²) in [5.74, 6) is -0.450. The van der Waals surface area contributed by atoms with Gasteiger partial charge in [0.25, 0.3) is 0 Å². The number of nitrogens with one attached hydrogen (secondary N) is 2. The van der Waals surface area contributed by atoms with Crippen molar-refractivity contribution in [2.75, 3.05) is 6.54 Å². The van der Waals surface area contributed by atoms with Gasteiger partial charge in [0, 0.05) is 6.54 Å². The van der Waals surface area contributed by atoms with Crippen molar-refractivity contribution in [1.29, 1.82) is 0 Å². The van der Waals surface area contributed by atoms with E-state index in [1.54, 1.807) is 27.7 Å².